The number of H-pyrrole nitrogens is 1. The first-order chi connectivity index (χ1) is 10.4. The van der Waals surface area contributed by atoms with Gasteiger partial charge in [0.05, 0.1) is 33.9 Å². The number of hydrogen-bond acceptors (Lipinski definition) is 2. The molecule has 3 aromatic rings. The van der Waals surface area contributed by atoms with Crippen molar-refractivity contribution >= 4 is 11.0 Å². The van der Waals surface area contributed by atoms with E-state index in [4.69, 9.17) is 5.26 Å². The third-order valence-electron chi connectivity index (χ3n) is 3.28. The van der Waals surface area contributed by atoms with Crippen LogP contribution >= 0.6 is 0 Å². The summed E-state index contributed by atoms with van der Waals surface area (Å²) in [6.07, 6.45) is -4.67. The Hall–Kier alpha value is -3.01. The standard InChI is InChI=1S/C15H8F3N3O/c16-15(17,18)11-7-10(6-5-9(11)8-19)21-13-4-2-1-3-12(13)20-14(21)22/h1-7H,(H,20,22). The van der Waals surface area contributed by atoms with Crippen LogP contribution in [0.2, 0.25) is 0 Å². The molecule has 1 N–H and O–H groups in total. The lowest BCUT2D eigenvalue weighted by atomic mass is 10.1. The number of nitriles is 1. The summed E-state index contributed by atoms with van der Waals surface area (Å²) in [4.78, 5) is 14.6. The Morgan fingerprint density at radius 3 is 2.55 bits per heavy atom. The van der Waals surface area contributed by atoms with Gasteiger partial charge >= 0.3 is 11.9 Å². The number of halogens is 3. The fourth-order valence-corrected chi connectivity index (χ4v) is 2.31. The van der Waals surface area contributed by atoms with Crippen LogP contribution in [0.3, 0.4) is 0 Å². The molecule has 110 valence electrons. The molecular formula is C15H8F3N3O. The molecule has 1 heterocycles. The first kappa shape index (κ1) is 13.9. The molecule has 0 saturated carbocycles. The molecule has 4 nitrogen and oxygen atoms in total. The molecule has 0 fully saturated rings. The van der Waals surface area contributed by atoms with Gasteiger partial charge in [-0.2, -0.15) is 18.4 Å². The lowest BCUT2D eigenvalue weighted by Crippen LogP contribution is -2.16. The number of imidazole rings is 1. The van der Waals surface area contributed by atoms with E-state index >= 15 is 0 Å². The Bertz CT molecular complexity index is 961. The van der Waals surface area contributed by atoms with Gasteiger partial charge in [0.1, 0.15) is 0 Å². The Morgan fingerprint density at radius 1 is 1.14 bits per heavy atom. The van der Waals surface area contributed by atoms with Crippen molar-refractivity contribution < 1.29 is 13.2 Å². The molecule has 3 rings (SSSR count). The van der Waals surface area contributed by atoms with E-state index in [0.717, 1.165) is 16.7 Å². The van der Waals surface area contributed by atoms with Crippen LogP contribution in [-0.4, -0.2) is 9.55 Å². The molecular weight excluding hydrogens is 295 g/mol. The molecule has 0 unspecified atom stereocenters. The molecule has 0 aliphatic rings. The highest BCUT2D eigenvalue weighted by Gasteiger charge is 2.34. The largest absolute Gasteiger partial charge is 0.417 e. The zero-order valence-electron chi connectivity index (χ0n) is 11.0. The quantitative estimate of drug-likeness (QED) is 0.750. The summed E-state index contributed by atoms with van der Waals surface area (Å²) < 4.78 is 40.2. The van der Waals surface area contributed by atoms with E-state index in [1.807, 2.05) is 0 Å². The Balaban J connectivity index is 2.31. The van der Waals surface area contributed by atoms with Crippen molar-refractivity contribution in [1.82, 2.24) is 9.55 Å². The van der Waals surface area contributed by atoms with E-state index in [-0.39, 0.29) is 5.69 Å². The molecule has 0 radical (unpaired) electrons. The monoisotopic (exact) mass is 303 g/mol. The number of alkyl halides is 3. The minimum atomic E-state index is -4.67. The van der Waals surface area contributed by atoms with Crippen molar-refractivity contribution in [3.63, 3.8) is 0 Å². The Morgan fingerprint density at radius 2 is 1.86 bits per heavy atom. The van der Waals surface area contributed by atoms with Crippen LogP contribution in [0.25, 0.3) is 16.7 Å². The maximum atomic E-state index is 13.0. The van der Waals surface area contributed by atoms with Gasteiger partial charge in [-0.05, 0) is 30.3 Å². The number of hydrogen-bond donors (Lipinski definition) is 1. The van der Waals surface area contributed by atoms with Gasteiger partial charge in [0, 0.05) is 0 Å². The lowest BCUT2D eigenvalue weighted by molar-refractivity contribution is -0.137. The second-order valence-corrected chi connectivity index (χ2v) is 4.62. The molecule has 0 atom stereocenters. The molecule has 0 aliphatic carbocycles. The minimum absolute atomic E-state index is 0.0498. The summed E-state index contributed by atoms with van der Waals surface area (Å²) in [5.41, 5.74) is -1.06. The van der Waals surface area contributed by atoms with E-state index in [9.17, 15) is 18.0 Å². The molecule has 2 aromatic carbocycles. The van der Waals surface area contributed by atoms with Crippen LogP contribution < -0.4 is 5.69 Å². The summed E-state index contributed by atoms with van der Waals surface area (Å²) in [6.45, 7) is 0. The number of aromatic nitrogens is 2. The van der Waals surface area contributed by atoms with Crippen molar-refractivity contribution in [2.75, 3.05) is 0 Å². The second kappa shape index (κ2) is 4.77. The van der Waals surface area contributed by atoms with Crippen LogP contribution in [0.15, 0.2) is 47.3 Å². The van der Waals surface area contributed by atoms with Crippen molar-refractivity contribution in [2.45, 2.75) is 6.18 Å². The molecule has 0 saturated heterocycles. The predicted octanol–water partition coefficient (Wildman–Crippen LogP) is 3.21. The van der Waals surface area contributed by atoms with Gasteiger partial charge in [-0.1, -0.05) is 12.1 Å². The van der Waals surface area contributed by atoms with Gasteiger partial charge in [-0.15, -0.1) is 0 Å². The van der Waals surface area contributed by atoms with E-state index in [0.29, 0.717) is 11.0 Å². The third-order valence-corrected chi connectivity index (χ3v) is 3.28. The van der Waals surface area contributed by atoms with Crippen LogP contribution in [0.1, 0.15) is 11.1 Å². The summed E-state index contributed by atoms with van der Waals surface area (Å²) in [5, 5.41) is 8.80. The number of nitrogens with zero attached hydrogens (tertiary/aromatic N) is 2. The average Bonchev–Trinajstić information content (AvgIpc) is 2.81. The van der Waals surface area contributed by atoms with Crippen molar-refractivity contribution in [3.05, 3.63) is 64.1 Å². The van der Waals surface area contributed by atoms with Crippen molar-refractivity contribution in [2.24, 2.45) is 0 Å². The van der Waals surface area contributed by atoms with Gasteiger partial charge in [0.15, 0.2) is 0 Å². The van der Waals surface area contributed by atoms with E-state index in [1.54, 1.807) is 24.3 Å². The van der Waals surface area contributed by atoms with E-state index in [2.05, 4.69) is 4.98 Å². The summed E-state index contributed by atoms with van der Waals surface area (Å²) >= 11 is 0. The zero-order valence-corrected chi connectivity index (χ0v) is 11.0. The fourth-order valence-electron chi connectivity index (χ4n) is 2.31. The highest BCUT2D eigenvalue weighted by Crippen LogP contribution is 2.33. The van der Waals surface area contributed by atoms with Gasteiger partial charge in [-0.25, -0.2) is 4.79 Å². The first-order valence-electron chi connectivity index (χ1n) is 6.23. The lowest BCUT2D eigenvalue weighted by Gasteiger charge is -2.11. The van der Waals surface area contributed by atoms with Gasteiger partial charge in [-0.3, -0.25) is 4.57 Å². The number of fused-ring (bicyclic) bond motifs is 1. The summed E-state index contributed by atoms with van der Waals surface area (Å²) in [7, 11) is 0. The van der Waals surface area contributed by atoms with Gasteiger partial charge < -0.3 is 4.98 Å². The number of para-hydroxylation sites is 2. The smallest absolute Gasteiger partial charge is 0.305 e. The number of benzene rings is 2. The van der Waals surface area contributed by atoms with E-state index < -0.39 is 23.0 Å². The zero-order chi connectivity index (χ0) is 15.9. The predicted molar refractivity (Wildman–Crippen MR) is 73.6 cm³/mol. The second-order valence-electron chi connectivity index (χ2n) is 4.62. The van der Waals surface area contributed by atoms with Crippen LogP contribution in [0.4, 0.5) is 13.2 Å². The summed E-state index contributed by atoms with van der Waals surface area (Å²) in [6, 6.07) is 11.4. The first-order valence-corrected chi connectivity index (χ1v) is 6.23. The summed E-state index contributed by atoms with van der Waals surface area (Å²) in [5.74, 6) is 0. The fraction of sp³-hybridized carbons (Fsp3) is 0.0667. The highest BCUT2D eigenvalue weighted by molar-refractivity contribution is 5.77. The topological polar surface area (TPSA) is 61.6 Å². The van der Waals surface area contributed by atoms with Crippen LogP contribution in [0.5, 0.6) is 0 Å². The molecule has 0 bridgehead atoms. The normalized spacial score (nSPS) is 11.5. The third kappa shape index (κ3) is 2.15. The molecule has 22 heavy (non-hydrogen) atoms. The number of rotatable bonds is 1. The van der Waals surface area contributed by atoms with E-state index in [1.165, 1.54) is 12.1 Å². The van der Waals surface area contributed by atoms with Crippen LogP contribution in [0, 0.1) is 11.3 Å². The van der Waals surface area contributed by atoms with Crippen molar-refractivity contribution in [3.8, 4) is 11.8 Å². The molecule has 0 spiro atoms. The van der Waals surface area contributed by atoms with Crippen LogP contribution in [-0.2, 0) is 6.18 Å². The Labute approximate surface area is 122 Å². The highest BCUT2D eigenvalue weighted by atomic mass is 19.4. The average molecular weight is 303 g/mol. The molecule has 1 aromatic heterocycles. The SMILES string of the molecule is N#Cc1ccc(-n2c(=O)[nH]c3ccccc32)cc1C(F)(F)F. The molecule has 0 aliphatic heterocycles. The molecule has 7 heteroatoms. The maximum Gasteiger partial charge on any atom is 0.417 e. The minimum Gasteiger partial charge on any atom is -0.305 e. The van der Waals surface area contributed by atoms with Crippen molar-refractivity contribution in [1.29, 1.82) is 5.26 Å². The van der Waals surface area contributed by atoms with Gasteiger partial charge in [0.2, 0.25) is 0 Å². The Kier molecular flexibility index (Phi) is 3.03. The number of aromatic amines is 1. The maximum absolute atomic E-state index is 13.0. The number of nitrogens with one attached hydrogen (secondary N) is 1. The molecule has 0 amide bonds. The van der Waals surface area contributed by atoms with Gasteiger partial charge in [0.25, 0.3) is 0 Å².